The number of halogens is 6. The smallest absolute Gasteiger partial charge is 0.421 e. The van der Waals surface area contributed by atoms with E-state index in [-0.39, 0.29) is 0 Å². The summed E-state index contributed by atoms with van der Waals surface area (Å²) in [7, 11) is -13.4. The van der Waals surface area contributed by atoms with Crippen LogP contribution in [0.1, 0.15) is 59.3 Å². The van der Waals surface area contributed by atoms with Gasteiger partial charge in [0.2, 0.25) is 6.34 Å². The molecule has 1 rings (SSSR count). The number of nitrogens with zero attached hydrogens (tertiary/aromatic N) is 4. The van der Waals surface area contributed by atoms with Gasteiger partial charge in [-0.1, -0.05) is 40.0 Å². The third-order valence-corrected chi connectivity index (χ3v) is 7.04. The Labute approximate surface area is 191 Å². The minimum absolute atomic E-state index is 0.778. The van der Waals surface area contributed by atoms with Gasteiger partial charge in [0.05, 0.1) is 13.1 Å². The van der Waals surface area contributed by atoms with Gasteiger partial charge in [-0.3, -0.25) is 9.48 Å². The van der Waals surface area contributed by atoms with Gasteiger partial charge in [-0.15, -0.1) is 0 Å². The molecule has 0 unspecified atom stereocenters. The second-order valence-electron chi connectivity index (χ2n) is 7.39. The van der Waals surface area contributed by atoms with Gasteiger partial charge in [0, 0.05) is 6.54 Å². The molecule has 0 spiro atoms. The molecule has 0 saturated heterocycles. The number of rotatable bonds is 11. The van der Waals surface area contributed by atoms with E-state index >= 15 is 0 Å². The molecule has 0 aromatic heterocycles. The Hall–Kier alpha value is -1.13. The highest BCUT2D eigenvalue weighted by atomic mass is 32.3. The summed E-state index contributed by atoms with van der Waals surface area (Å²) < 4.78 is 112. The van der Waals surface area contributed by atoms with Gasteiger partial charge in [-0.2, -0.15) is 26.3 Å². The quantitative estimate of drug-likeness (QED) is 0.294. The summed E-state index contributed by atoms with van der Waals surface area (Å²) in [6.45, 7) is 12.7. The first-order valence-corrected chi connectivity index (χ1v) is 13.3. The fraction of sp³-hybridized carbons (Fsp3) is 0.941. The lowest BCUT2D eigenvalue weighted by molar-refractivity contribution is -0.557. The number of sulfonamides is 2. The maximum absolute atomic E-state index is 11.4. The van der Waals surface area contributed by atoms with Gasteiger partial charge in [-0.25, -0.2) is 21.7 Å². The molecule has 1 aliphatic heterocycles. The van der Waals surface area contributed by atoms with Crippen molar-refractivity contribution in [2.75, 3.05) is 33.0 Å². The molecular weight excluding hydrogens is 502 g/mol. The SMILES string of the molecule is CCCCN1C=[N+](CCCC)CN(CCCC)C1.O=S(=O)([N-]S(=O)(=O)C(F)(F)F)C(F)(F)F. The van der Waals surface area contributed by atoms with Gasteiger partial charge in [0.25, 0.3) is 0 Å². The molecule has 16 heteroatoms. The van der Waals surface area contributed by atoms with Crippen LogP contribution in [0.2, 0.25) is 0 Å². The molecule has 0 saturated carbocycles. The molecular formula is C17H32F6N4O4S2. The maximum atomic E-state index is 11.4. The van der Waals surface area contributed by atoms with Crippen molar-refractivity contribution >= 4 is 26.4 Å². The Morgan fingerprint density at radius 1 is 0.818 bits per heavy atom. The highest BCUT2D eigenvalue weighted by Crippen LogP contribution is 2.36. The van der Waals surface area contributed by atoms with Crippen LogP contribution in [0, 0.1) is 0 Å². The summed E-state index contributed by atoms with van der Waals surface area (Å²) in [5, 5.41) is 0. The van der Waals surface area contributed by atoms with Gasteiger partial charge >= 0.3 is 11.0 Å². The molecule has 0 amide bonds. The third-order valence-electron chi connectivity index (χ3n) is 4.30. The van der Waals surface area contributed by atoms with Crippen molar-refractivity contribution in [1.82, 2.24) is 9.80 Å². The van der Waals surface area contributed by atoms with Gasteiger partial charge in [0.1, 0.15) is 13.3 Å². The van der Waals surface area contributed by atoms with E-state index in [0.29, 0.717) is 0 Å². The third kappa shape index (κ3) is 11.7. The van der Waals surface area contributed by atoms with Crippen molar-refractivity contribution in [3.8, 4) is 0 Å². The van der Waals surface area contributed by atoms with Crippen LogP contribution in [0.15, 0.2) is 0 Å². The molecule has 8 nitrogen and oxygen atoms in total. The van der Waals surface area contributed by atoms with Gasteiger partial charge in [0.15, 0.2) is 20.0 Å². The Kier molecular flexibility index (Phi) is 13.2. The summed E-state index contributed by atoms with van der Waals surface area (Å²) in [6, 6.07) is 0. The number of hydrogen-bond acceptors (Lipinski definition) is 6. The molecule has 0 aromatic carbocycles. The molecule has 0 aliphatic carbocycles. The van der Waals surface area contributed by atoms with Gasteiger partial charge < -0.3 is 4.13 Å². The van der Waals surface area contributed by atoms with Crippen molar-refractivity contribution in [2.24, 2.45) is 0 Å². The average Bonchev–Trinajstić information content (AvgIpc) is 2.67. The minimum Gasteiger partial charge on any atom is -0.421 e. The fourth-order valence-corrected chi connectivity index (χ4v) is 4.29. The fourth-order valence-electron chi connectivity index (χ4n) is 2.58. The van der Waals surface area contributed by atoms with Crippen LogP contribution in [0.4, 0.5) is 26.3 Å². The zero-order valence-corrected chi connectivity index (χ0v) is 20.5. The molecule has 0 N–H and O–H groups in total. The second kappa shape index (κ2) is 13.7. The molecule has 1 heterocycles. The Morgan fingerprint density at radius 2 is 1.27 bits per heavy atom. The summed E-state index contributed by atoms with van der Waals surface area (Å²) in [4.78, 5) is 5.09. The first-order chi connectivity index (χ1) is 15.0. The van der Waals surface area contributed by atoms with E-state index in [4.69, 9.17) is 0 Å². The first-order valence-electron chi connectivity index (χ1n) is 10.4. The Morgan fingerprint density at radius 3 is 1.70 bits per heavy atom. The maximum Gasteiger partial charge on any atom is 0.480 e. The molecule has 0 fully saturated rings. The molecule has 33 heavy (non-hydrogen) atoms. The molecule has 0 aromatic rings. The lowest BCUT2D eigenvalue weighted by Crippen LogP contribution is -2.49. The lowest BCUT2D eigenvalue weighted by atomic mass is 10.3. The Bertz CT molecular complexity index is 772. The first kappa shape index (κ1) is 31.9. The van der Waals surface area contributed by atoms with E-state index in [0.717, 1.165) is 17.5 Å². The van der Waals surface area contributed by atoms with E-state index in [9.17, 15) is 43.2 Å². The van der Waals surface area contributed by atoms with Gasteiger partial charge in [-0.05, 0) is 19.3 Å². The van der Waals surface area contributed by atoms with Crippen LogP contribution in [0.5, 0.6) is 0 Å². The highest BCUT2D eigenvalue weighted by Gasteiger charge is 2.46. The molecule has 0 radical (unpaired) electrons. The molecule has 198 valence electrons. The molecule has 0 atom stereocenters. The van der Waals surface area contributed by atoms with Crippen LogP contribution in [0.3, 0.4) is 0 Å². The van der Waals surface area contributed by atoms with Crippen LogP contribution in [-0.2, 0) is 20.0 Å². The van der Waals surface area contributed by atoms with Crippen LogP contribution < -0.4 is 0 Å². The van der Waals surface area contributed by atoms with E-state index in [1.54, 1.807) is 0 Å². The minimum atomic E-state index is -6.72. The van der Waals surface area contributed by atoms with Crippen LogP contribution >= 0.6 is 0 Å². The van der Waals surface area contributed by atoms with E-state index in [2.05, 4.69) is 41.5 Å². The Balaban J connectivity index is 0.000000633. The zero-order chi connectivity index (χ0) is 25.9. The normalized spacial score (nSPS) is 16.3. The standard InChI is InChI=1S/C15H32N3.C2F6NO4S2/c1-4-7-10-16-13-17(11-8-5-2)15-18(14-16)12-9-6-3;3-1(4,5)14(10,11)9-15(12,13)2(6,7)8/h13H,4-12,14-15H2,1-3H3;/q+1;-1. The van der Waals surface area contributed by atoms with E-state index in [1.165, 1.54) is 58.2 Å². The number of unbranched alkanes of at least 4 members (excludes halogenated alkanes) is 3. The van der Waals surface area contributed by atoms with Crippen molar-refractivity contribution in [3.63, 3.8) is 0 Å². The second-order valence-corrected chi connectivity index (χ2v) is 10.8. The summed E-state index contributed by atoms with van der Waals surface area (Å²) in [5.74, 6) is 0. The highest BCUT2D eigenvalue weighted by molar-refractivity contribution is 8.13. The van der Waals surface area contributed by atoms with E-state index < -0.39 is 31.1 Å². The number of hydrogen-bond donors (Lipinski definition) is 0. The lowest BCUT2D eigenvalue weighted by Gasteiger charge is -2.30. The van der Waals surface area contributed by atoms with Crippen LogP contribution in [-0.4, -0.2) is 81.5 Å². The van der Waals surface area contributed by atoms with Crippen LogP contribution in [0.25, 0.3) is 4.13 Å². The summed E-state index contributed by atoms with van der Waals surface area (Å²) >= 11 is 0. The predicted octanol–water partition coefficient (Wildman–Crippen LogP) is 4.02. The topological polar surface area (TPSA) is 91.9 Å². The predicted molar refractivity (Wildman–Crippen MR) is 112 cm³/mol. The summed E-state index contributed by atoms with van der Waals surface area (Å²) in [5.41, 5.74) is -12.4. The average molecular weight is 535 g/mol. The number of alkyl halides is 6. The van der Waals surface area contributed by atoms with Crippen molar-refractivity contribution in [1.29, 1.82) is 0 Å². The van der Waals surface area contributed by atoms with Crippen molar-refractivity contribution < 1.29 is 47.8 Å². The molecule has 1 aliphatic rings. The van der Waals surface area contributed by atoms with Crippen molar-refractivity contribution in [3.05, 3.63) is 4.13 Å². The monoisotopic (exact) mass is 534 g/mol. The zero-order valence-electron chi connectivity index (χ0n) is 18.9. The van der Waals surface area contributed by atoms with Crippen molar-refractivity contribution in [2.45, 2.75) is 70.3 Å². The summed E-state index contributed by atoms with van der Waals surface area (Å²) in [6.07, 6.45) is 10.2. The largest absolute Gasteiger partial charge is 0.480 e. The molecule has 0 bridgehead atoms. The van der Waals surface area contributed by atoms with E-state index in [1.807, 2.05) is 0 Å².